The Bertz CT molecular complexity index is 591. The van der Waals surface area contributed by atoms with Crippen LogP contribution in [0.4, 0.5) is 0 Å². The molecule has 2 aliphatic heterocycles. The van der Waals surface area contributed by atoms with Gasteiger partial charge < -0.3 is 10.1 Å². The second-order valence-corrected chi connectivity index (χ2v) is 7.50. The molecule has 1 amide bonds. The second-order valence-electron chi connectivity index (χ2n) is 7.50. The molecule has 24 heavy (non-hydrogen) atoms. The summed E-state index contributed by atoms with van der Waals surface area (Å²) in [5, 5.41) is 3.08. The van der Waals surface area contributed by atoms with Crippen molar-refractivity contribution < 1.29 is 9.53 Å². The summed E-state index contributed by atoms with van der Waals surface area (Å²) in [5.41, 5.74) is 4.20. The van der Waals surface area contributed by atoms with E-state index in [1.54, 1.807) is 0 Å². The van der Waals surface area contributed by atoms with E-state index in [0.29, 0.717) is 19.8 Å². The van der Waals surface area contributed by atoms with E-state index in [1.807, 2.05) is 0 Å². The quantitative estimate of drug-likeness (QED) is 0.922. The van der Waals surface area contributed by atoms with Crippen LogP contribution < -0.4 is 5.32 Å². The number of carbonyl (C=O) groups excluding carboxylic acids is 1. The van der Waals surface area contributed by atoms with E-state index in [4.69, 9.17) is 4.74 Å². The number of hydrogen-bond acceptors (Lipinski definition) is 3. The summed E-state index contributed by atoms with van der Waals surface area (Å²) in [6.07, 6.45) is 7.34. The average molecular weight is 328 g/mol. The normalized spacial score (nSPS) is 24.9. The van der Waals surface area contributed by atoms with Crippen molar-refractivity contribution in [3.63, 3.8) is 0 Å². The van der Waals surface area contributed by atoms with Crippen molar-refractivity contribution in [2.45, 2.75) is 51.1 Å². The van der Waals surface area contributed by atoms with E-state index in [9.17, 15) is 4.79 Å². The van der Waals surface area contributed by atoms with Gasteiger partial charge in [-0.2, -0.15) is 0 Å². The van der Waals surface area contributed by atoms with Crippen LogP contribution in [0.15, 0.2) is 18.2 Å². The molecular weight excluding hydrogens is 300 g/mol. The third-order valence-electron chi connectivity index (χ3n) is 5.97. The Kier molecular flexibility index (Phi) is 4.86. The lowest BCUT2D eigenvalue weighted by Gasteiger charge is -2.36. The first-order valence-electron chi connectivity index (χ1n) is 9.50. The minimum Gasteiger partial charge on any atom is -0.381 e. The molecule has 4 heteroatoms. The molecule has 0 radical (unpaired) electrons. The summed E-state index contributed by atoms with van der Waals surface area (Å²) in [4.78, 5) is 14.8. The molecule has 0 bridgehead atoms. The molecule has 1 aliphatic carbocycles. The van der Waals surface area contributed by atoms with Crippen LogP contribution in [0.5, 0.6) is 0 Å². The molecule has 4 nitrogen and oxygen atoms in total. The second kappa shape index (κ2) is 7.24. The Balaban J connectivity index is 1.35. The Hall–Kier alpha value is -1.39. The lowest BCUT2D eigenvalue weighted by molar-refractivity contribution is -0.125. The van der Waals surface area contributed by atoms with Crippen LogP contribution in [0.1, 0.15) is 42.4 Å². The van der Waals surface area contributed by atoms with Gasteiger partial charge in [-0.25, -0.2) is 0 Å². The van der Waals surface area contributed by atoms with E-state index < -0.39 is 0 Å². The van der Waals surface area contributed by atoms with Crippen LogP contribution in [0.3, 0.4) is 0 Å². The van der Waals surface area contributed by atoms with E-state index in [-0.39, 0.29) is 11.8 Å². The molecule has 1 aromatic carbocycles. The van der Waals surface area contributed by atoms with E-state index >= 15 is 0 Å². The lowest BCUT2D eigenvalue weighted by Crippen LogP contribution is -2.41. The van der Waals surface area contributed by atoms with Crippen molar-refractivity contribution >= 4 is 5.91 Å². The van der Waals surface area contributed by atoms with Gasteiger partial charge in [0.1, 0.15) is 0 Å². The van der Waals surface area contributed by atoms with Crippen molar-refractivity contribution in [2.75, 3.05) is 26.3 Å². The first-order valence-corrected chi connectivity index (χ1v) is 9.50. The van der Waals surface area contributed by atoms with Crippen LogP contribution in [-0.4, -0.2) is 43.2 Å². The van der Waals surface area contributed by atoms with Crippen molar-refractivity contribution in [1.82, 2.24) is 10.2 Å². The molecule has 4 rings (SSSR count). The third-order valence-corrected chi connectivity index (χ3v) is 5.97. The SMILES string of the molecule is O=C(NCc1ccc2c(c1)CCN(C1CCC1)CC2)C1CCOC1. The molecule has 1 N–H and O–H groups in total. The Morgan fingerprint density at radius 1 is 1.17 bits per heavy atom. The van der Waals surface area contributed by atoms with Crippen LogP contribution in [-0.2, 0) is 28.9 Å². The van der Waals surface area contributed by atoms with E-state index in [1.165, 1.54) is 49.0 Å². The smallest absolute Gasteiger partial charge is 0.225 e. The van der Waals surface area contributed by atoms with Crippen LogP contribution in [0.2, 0.25) is 0 Å². The molecule has 1 saturated heterocycles. The third kappa shape index (κ3) is 3.50. The Morgan fingerprint density at radius 2 is 2.00 bits per heavy atom. The number of carbonyl (C=O) groups is 1. The molecule has 3 aliphatic rings. The van der Waals surface area contributed by atoms with Gasteiger partial charge in [-0.1, -0.05) is 24.6 Å². The number of fused-ring (bicyclic) bond motifs is 1. The van der Waals surface area contributed by atoms with Gasteiger partial charge in [-0.3, -0.25) is 9.69 Å². The standard InChI is InChI=1S/C20H28N2O2/c23-20(18-8-11-24-14-18)21-13-15-4-5-16-6-9-22(19-2-1-3-19)10-7-17(16)12-15/h4-5,12,18-19H,1-3,6-11,13-14H2,(H,21,23). The summed E-state index contributed by atoms with van der Waals surface area (Å²) >= 11 is 0. The summed E-state index contributed by atoms with van der Waals surface area (Å²) in [6.45, 7) is 4.32. The molecule has 2 fully saturated rings. The summed E-state index contributed by atoms with van der Waals surface area (Å²) in [7, 11) is 0. The molecule has 1 unspecified atom stereocenters. The summed E-state index contributed by atoms with van der Waals surface area (Å²) in [5.74, 6) is 0.181. The number of amides is 1. The summed E-state index contributed by atoms with van der Waals surface area (Å²) < 4.78 is 5.30. The maximum absolute atomic E-state index is 12.1. The number of rotatable bonds is 4. The summed E-state index contributed by atoms with van der Waals surface area (Å²) in [6, 6.07) is 7.61. The van der Waals surface area contributed by atoms with E-state index in [2.05, 4.69) is 28.4 Å². The van der Waals surface area contributed by atoms with Crippen LogP contribution >= 0.6 is 0 Å². The van der Waals surface area contributed by atoms with Gasteiger partial charge in [-0.05, 0) is 48.8 Å². The number of ether oxygens (including phenoxy) is 1. The fourth-order valence-electron chi connectivity index (χ4n) is 4.10. The monoisotopic (exact) mass is 328 g/mol. The zero-order chi connectivity index (χ0) is 16.4. The minimum absolute atomic E-state index is 0.0434. The van der Waals surface area contributed by atoms with Gasteiger partial charge in [0.2, 0.25) is 5.91 Å². The Morgan fingerprint density at radius 3 is 2.71 bits per heavy atom. The number of hydrogen-bond donors (Lipinski definition) is 1. The largest absolute Gasteiger partial charge is 0.381 e. The van der Waals surface area contributed by atoms with Crippen molar-refractivity contribution in [3.8, 4) is 0 Å². The molecule has 130 valence electrons. The molecule has 0 aromatic heterocycles. The highest BCUT2D eigenvalue weighted by Gasteiger charge is 2.26. The fourth-order valence-corrected chi connectivity index (χ4v) is 4.10. The zero-order valence-electron chi connectivity index (χ0n) is 14.4. The van der Waals surface area contributed by atoms with Gasteiger partial charge in [0, 0.05) is 32.3 Å². The fraction of sp³-hybridized carbons (Fsp3) is 0.650. The predicted molar refractivity (Wildman–Crippen MR) is 93.8 cm³/mol. The zero-order valence-corrected chi connectivity index (χ0v) is 14.4. The van der Waals surface area contributed by atoms with Crippen LogP contribution in [0, 0.1) is 5.92 Å². The van der Waals surface area contributed by atoms with Crippen molar-refractivity contribution in [3.05, 3.63) is 34.9 Å². The van der Waals surface area contributed by atoms with Crippen LogP contribution in [0.25, 0.3) is 0 Å². The molecule has 0 spiro atoms. The maximum atomic E-state index is 12.1. The minimum atomic E-state index is 0.0434. The maximum Gasteiger partial charge on any atom is 0.225 e. The number of nitrogens with zero attached hydrogens (tertiary/aromatic N) is 1. The highest BCUT2D eigenvalue weighted by Crippen LogP contribution is 2.27. The molecule has 1 aromatic rings. The predicted octanol–water partition coefficient (Wildman–Crippen LogP) is 2.29. The van der Waals surface area contributed by atoms with E-state index in [0.717, 1.165) is 25.3 Å². The lowest BCUT2D eigenvalue weighted by atomic mass is 9.91. The number of nitrogens with one attached hydrogen (secondary N) is 1. The molecule has 2 heterocycles. The van der Waals surface area contributed by atoms with Gasteiger partial charge in [0.05, 0.1) is 12.5 Å². The molecule has 1 saturated carbocycles. The topological polar surface area (TPSA) is 41.6 Å². The molecule has 1 atom stereocenters. The highest BCUT2D eigenvalue weighted by atomic mass is 16.5. The first kappa shape index (κ1) is 16.1. The Labute approximate surface area is 144 Å². The highest BCUT2D eigenvalue weighted by molar-refractivity contribution is 5.78. The van der Waals surface area contributed by atoms with Crippen molar-refractivity contribution in [1.29, 1.82) is 0 Å². The molecular formula is C20H28N2O2. The van der Waals surface area contributed by atoms with Gasteiger partial charge >= 0.3 is 0 Å². The van der Waals surface area contributed by atoms with Gasteiger partial charge in [0.15, 0.2) is 0 Å². The van der Waals surface area contributed by atoms with Crippen molar-refractivity contribution in [2.24, 2.45) is 5.92 Å². The first-order chi connectivity index (χ1) is 11.8. The van der Waals surface area contributed by atoms with Gasteiger partial charge in [0.25, 0.3) is 0 Å². The van der Waals surface area contributed by atoms with Gasteiger partial charge in [-0.15, -0.1) is 0 Å². The number of benzene rings is 1. The average Bonchev–Trinajstić information content (AvgIpc) is 3.01.